The van der Waals surface area contributed by atoms with Crippen LogP contribution < -0.4 is 19.3 Å². The molecule has 13 heteroatoms. The van der Waals surface area contributed by atoms with Crippen LogP contribution in [0.4, 0.5) is 11.5 Å². The molecule has 4 aliphatic rings. The van der Waals surface area contributed by atoms with E-state index in [1.807, 2.05) is 111 Å². The molecule has 4 heterocycles. The van der Waals surface area contributed by atoms with E-state index in [9.17, 15) is 14.7 Å². The van der Waals surface area contributed by atoms with E-state index in [0.717, 1.165) is 48.2 Å². The molecule has 1 saturated carbocycles. The summed E-state index contributed by atoms with van der Waals surface area (Å²) >= 11 is 7.95. The van der Waals surface area contributed by atoms with Crippen molar-refractivity contribution < 1.29 is 33.8 Å². The number of anilines is 2. The number of halogens is 1. The summed E-state index contributed by atoms with van der Waals surface area (Å²) in [5, 5.41) is 18.9. The van der Waals surface area contributed by atoms with Crippen molar-refractivity contribution in [3.63, 3.8) is 0 Å². The molecule has 2 aliphatic heterocycles. The van der Waals surface area contributed by atoms with Gasteiger partial charge in [0.2, 0.25) is 23.6 Å². The van der Waals surface area contributed by atoms with Crippen molar-refractivity contribution in [2.24, 2.45) is 36.1 Å². The average Bonchev–Trinajstić information content (AvgIpc) is 4.01. The number of amides is 4. The van der Waals surface area contributed by atoms with Crippen molar-refractivity contribution in [3.05, 3.63) is 142 Å². The number of aromatic hydroxyl groups is 1. The Balaban J connectivity index is 0.969. The number of fused-ring (bicyclic) bond motifs is 6. The van der Waals surface area contributed by atoms with Crippen molar-refractivity contribution in [1.82, 2.24) is 9.78 Å². The first-order valence-electron chi connectivity index (χ1n) is 22.2. The lowest BCUT2D eigenvalue weighted by atomic mass is 9.51. The third kappa shape index (κ3) is 6.40. The highest BCUT2D eigenvalue weighted by Crippen LogP contribution is 2.64. The van der Waals surface area contributed by atoms with E-state index in [0.29, 0.717) is 45.5 Å². The van der Waals surface area contributed by atoms with Gasteiger partial charge in [-0.25, -0.2) is 4.90 Å². The van der Waals surface area contributed by atoms with Gasteiger partial charge in [-0.1, -0.05) is 77.9 Å². The van der Waals surface area contributed by atoms with Gasteiger partial charge in [-0.15, -0.1) is 11.3 Å². The van der Waals surface area contributed by atoms with Crippen molar-refractivity contribution in [3.8, 4) is 27.8 Å². The average molecular weight is 929 g/mol. The smallest absolute Gasteiger partial charge is 0.242 e. The maximum absolute atomic E-state index is 15.5. The van der Waals surface area contributed by atoms with Gasteiger partial charge in [0.15, 0.2) is 0 Å². The second kappa shape index (κ2) is 15.8. The highest BCUT2D eigenvalue weighted by molar-refractivity contribution is 7.22. The molecule has 5 aromatic carbocycles. The molecule has 0 spiro atoms. The van der Waals surface area contributed by atoms with Crippen LogP contribution in [0.5, 0.6) is 17.2 Å². The number of nitrogens with zero attached hydrogens (tertiary/aromatic N) is 4. The summed E-state index contributed by atoms with van der Waals surface area (Å²) in [5.41, 5.74) is 4.10. The second-order valence-corrected chi connectivity index (χ2v) is 19.6. The largest absolute Gasteiger partial charge is 0.507 e. The first-order valence-corrected chi connectivity index (χ1v) is 23.4. The number of hydrogen-bond donors (Lipinski definition) is 1. The molecule has 2 saturated heterocycles. The van der Waals surface area contributed by atoms with Crippen LogP contribution in [0.3, 0.4) is 0 Å². The van der Waals surface area contributed by atoms with Crippen LogP contribution in [-0.2, 0) is 26.2 Å². The third-order valence-corrected chi connectivity index (χ3v) is 16.3. The molecule has 0 radical (unpaired) electrons. The second-order valence-electron chi connectivity index (χ2n) is 18.1. The molecule has 2 aromatic heterocycles. The molecule has 0 bridgehead atoms. The van der Waals surface area contributed by atoms with E-state index >= 15 is 9.59 Å². The van der Waals surface area contributed by atoms with Crippen LogP contribution in [0.1, 0.15) is 47.9 Å². The van der Waals surface area contributed by atoms with Gasteiger partial charge in [-0.3, -0.25) is 28.8 Å². The van der Waals surface area contributed by atoms with Gasteiger partial charge in [0.1, 0.15) is 28.8 Å². The lowest BCUT2D eigenvalue weighted by Gasteiger charge is -2.49. The Hall–Kier alpha value is -7.02. The van der Waals surface area contributed by atoms with Gasteiger partial charge in [0.25, 0.3) is 0 Å². The van der Waals surface area contributed by atoms with Gasteiger partial charge < -0.3 is 14.6 Å². The highest BCUT2D eigenvalue weighted by Gasteiger charge is 2.68. The topological polar surface area (TPSA) is 131 Å². The van der Waals surface area contributed by atoms with Crippen molar-refractivity contribution in [2.45, 2.75) is 32.6 Å². The predicted molar refractivity (Wildman–Crippen MR) is 261 cm³/mol. The summed E-state index contributed by atoms with van der Waals surface area (Å²) in [6.45, 7) is 3.89. The molecule has 336 valence electrons. The summed E-state index contributed by atoms with van der Waals surface area (Å²) < 4.78 is 13.6. The van der Waals surface area contributed by atoms with E-state index in [1.165, 1.54) is 9.80 Å². The molecule has 6 unspecified atom stereocenters. The number of thiophene rings is 1. The Labute approximate surface area is 395 Å². The SMILES string of the molecule is COc1ccc(OC)c(C=Cc2ccc(N3C(=O)C4CC=C5C(CC6C(=O)N(c7cc(-c8sc9ccc(Cl)cc9c8C)nn7C)C(=O)C6(C)C5c5ccc(O)c6ccccc56)C4C3=O)cc2)c1. The monoisotopic (exact) mass is 928 g/mol. The fraction of sp³-hybridized carbons (Fsp3) is 0.241. The number of phenols is 1. The molecule has 6 atom stereocenters. The Morgan fingerprint density at radius 2 is 1.60 bits per heavy atom. The van der Waals surface area contributed by atoms with Gasteiger partial charge in [-0.2, -0.15) is 5.10 Å². The number of methoxy groups -OCH3 is 2. The summed E-state index contributed by atoms with van der Waals surface area (Å²) in [6.07, 6.45) is 6.39. The van der Waals surface area contributed by atoms with Crippen molar-refractivity contribution in [1.29, 1.82) is 0 Å². The molecule has 4 amide bonds. The zero-order valence-electron chi connectivity index (χ0n) is 37.3. The lowest BCUT2D eigenvalue weighted by Crippen LogP contribution is -2.49. The summed E-state index contributed by atoms with van der Waals surface area (Å²) in [5.74, 6) is -2.97. The van der Waals surface area contributed by atoms with Crippen LogP contribution in [0.25, 0.3) is 43.6 Å². The van der Waals surface area contributed by atoms with Crippen LogP contribution in [0, 0.1) is 36.0 Å². The minimum Gasteiger partial charge on any atom is -0.507 e. The van der Waals surface area contributed by atoms with Gasteiger partial charge in [0.05, 0.1) is 48.0 Å². The quantitative estimate of drug-likeness (QED) is 0.0905. The molecule has 11 nitrogen and oxygen atoms in total. The fourth-order valence-electron chi connectivity index (χ4n) is 11.5. The van der Waals surface area contributed by atoms with E-state index in [-0.39, 0.29) is 35.8 Å². The number of aryl methyl sites for hydroxylation is 2. The number of carbonyl (C=O) groups excluding carboxylic acids is 4. The van der Waals surface area contributed by atoms with E-state index in [1.54, 1.807) is 61.6 Å². The number of carbonyl (C=O) groups is 4. The minimum absolute atomic E-state index is 0.0940. The number of rotatable bonds is 8. The van der Waals surface area contributed by atoms with Crippen LogP contribution >= 0.6 is 22.9 Å². The van der Waals surface area contributed by atoms with Gasteiger partial charge in [0, 0.05) is 39.7 Å². The molecular weight excluding hydrogens is 884 g/mol. The Morgan fingerprint density at radius 3 is 2.36 bits per heavy atom. The molecule has 3 fully saturated rings. The first-order chi connectivity index (χ1) is 32.3. The zero-order valence-corrected chi connectivity index (χ0v) is 38.9. The molecule has 1 N–H and O–H groups in total. The summed E-state index contributed by atoms with van der Waals surface area (Å²) in [6, 6.07) is 31.4. The van der Waals surface area contributed by atoms with E-state index in [4.69, 9.17) is 26.2 Å². The third-order valence-electron chi connectivity index (χ3n) is 14.8. The molecule has 2 aliphatic carbocycles. The lowest BCUT2D eigenvalue weighted by molar-refractivity contribution is -0.131. The number of phenolic OH excluding ortho intramolecular Hbond substituents is 1. The maximum atomic E-state index is 15.5. The molecule has 11 rings (SSSR count). The molecule has 7 aromatic rings. The number of ether oxygens (including phenoxy) is 2. The van der Waals surface area contributed by atoms with Gasteiger partial charge >= 0.3 is 0 Å². The predicted octanol–water partition coefficient (Wildman–Crippen LogP) is 10.7. The van der Waals surface area contributed by atoms with E-state index in [2.05, 4.69) is 0 Å². The van der Waals surface area contributed by atoms with Crippen LogP contribution in [0.15, 0.2) is 115 Å². The van der Waals surface area contributed by atoms with Crippen molar-refractivity contribution in [2.75, 3.05) is 24.0 Å². The number of benzene rings is 5. The van der Waals surface area contributed by atoms with E-state index < -0.39 is 35.0 Å². The first kappa shape index (κ1) is 42.6. The number of hydrogen-bond acceptors (Lipinski definition) is 9. The Kier molecular flexibility index (Phi) is 10.1. The highest BCUT2D eigenvalue weighted by atomic mass is 35.5. The number of imide groups is 2. The Morgan fingerprint density at radius 1 is 0.821 bits per heavy atom. The number of aromatic nitrogens is 2. The summed E-state index contributed by atoms with van der Waals surface area (Å²) in [4.78, 5) is 63.7. The molecular formula is C54H45ClN4O7S. The van der Waals surface area contributed by atoms with Gasteiger partial charge in [-0.05, 0) is 115 Å². The number of allylic oxidation sites excluding steroid dienone is 2. The minimum atomic E-state index is -1.30. The Bertz CT molecular complexity index is 3330. The molecule has 67 heavy (non-hydrogen) atoms. The summed E-state index contributed by atoms with van der Waals surface area (Å²) in [7, 11) is 4.95. The fourth-order valence-corrected chi connectivity index (χ4v) is 12.8. The maximum Gasteiger partial charge on any atom is 0.242 e. The zero-order chi connectivity index (χ0) is 46.6. The van der Waals surface area contributed by atoms with Crippen LogP contribution in [-0.4, -0.2) is 52.7 Å². The normalized spacial score (nSPS) is 23.6. The standard InChI is InChI=1S/C54H45ClN4O7S/c1-28-39-25-31(55)14-23-45(39)67-49(28)42-27-46(57(3)56-42)59-51(62)41-26-40-37(48(54(41,2)53(59)64)36-20-21-43(60)35-9-7-6-8-34(35)36)18-19-38-47(40)52(63)58(50(38)61)32-15-11-29(12-16-32)10-13-30-24-33(65-4)17-22-44(30)66-5/h6-18,20-25,27,38,40-41,47-48,60H,19,26H2,1-5H3. The van der Waals surface area contributed by atoms with Crippen molar-refractivity contribution >= 4 is 91.1 Å². The van der Waals surface area contributed by atoms with Crippen LogP contribution in [0.2, 0.25) is 5.02 Å².